The average Bonchev–Trinajstić information content (AvgIpc) is 3.58. The molecular formula is C26H24N6O2. The highest BCUT2D eigenvalue weighted by molar-refractivity contribution is 5.88. The van der Waals surface area contributed by atoms with Crippen LogP contribution in [0.15, 0.2) is 59.5 Å². The van der Waals surface area contributed by atoms with Gasteiger partial charge in [0.05, 0.1) is 22.4 Å². The van der Waals surface area contributed by atoms with Crippen LogP contribution < -0.4 is 0 Å². The number of rotatable bonds is 5. The third kappa shape index (κ3) is 3.06. The van der Waals surface area contributed by atoms with Gasteiger partial charge in [0.15, 0.2) is 11.4 Å². The van der Waals surface area contributed by atoms with Gasteiger partial charge >= 0.3 is 0 Å². The summed E-state index contributed by atoms with van der Waals surface area (Å²) in [5, 5.41) is 16.6. The predicted octanol–water partition coefficient (Wildman–Crippen LogP) is 4.19. The Kier molecular flexibility index (Phi) is 4.60. The molecule has 1 N–H and O–H groups in total. The van der Waals surface area contributed by atoms with Crippen LogP contribution in [0.1, 0.15) is 53.1 Å². The van der Waals surface area contributed by atoms with E-state index in [-0.39, 0.29) is 5.82 Å². The number of pyridine rings is 1. The minimum absolute atomic E-state index is 0.250. The number of aromatic nitrogens is 6. The Hall–Kier alpha value is -3.91. The number of nitrogens with zero attached hydrogens (tertiary/aromatic N) is 6. The van der Waals surface area contributed by atoms with Gasteiger partial charge in [0, 0.05) is 42.7 Å². The maximum atomic E-state index is 12.5. The third-order valence-electron chi connectivity index (χ3n) is 6.58. The van der Waals surface area contributed by atoms with Gasteiger partial charge in [-0.15, -0.1) is 0 Å². The van der Waals surface area contributed by atoms with E-state index in [2.05, 4.69) is 24.7 Å². The van der Waals surface area contributed by atoms with Gasteiger partial charge in [-0.2, -0.15) is 0 Å². The SMILES string of the molecule is Cc1noc(C)c1-c1cc(C(O)(c2ccccn2)c2ncccn2)c2c(c1)nc(C1CC1)n2C. The van der Waals surface area contributed by atoms with E-state index in [1.165, 1.54) is 0 Å². The van der Waals surface area contributed by atoms with E-state index in [1.54, 1.807) is 30.7 Å². The number of aryl methyl sites for hydroxylation is 3. The van der Waals surface area contributed by atoms with Crippen molar-refractivity contribution < 1.29 is 9.63 Å². The van der Waals surface area contributed by atoms with Crippen LogP contribution in [0, 0.1) is 13.8 Å². The normalized spacial score (nSPS) is 15.5. The van der Waals surface area contributed by atoms with Gasteiger partial charge < -0.3 is 14.2 Å². The largest absolute Gasteiger partial charge is 0.372 e. The molecule has 1 unspecified atom stereocenters. The summed E-state index contributed by atoms with van der Waals surface area (Å²) in [5.41, 5.74) is 3.51. The molecule has 1 aliphatic rings. The molecule has 1 aliphatic carbocycles. The molecule has 0 radical (unpaired) electrons. The summed E-state index contributed by atoms with van der Waals surface area (Å²) >= 11 is 0. The van der Waals surface area contributed by atoms with Gasteiger partial charge in [-0.1, -0.05) is 11.2 Å². The zero-order chi connectivity index (χ0) is 23.4. The smallest absolute Gasteiger partial charge is 0.194 e. The second-order valence-corrected chi connectivity index (χ2v) is 8.89. The summed E-state index contributed by atoms with van der Waals surface area (Å²) in [7, 11) is 2.01. The van der Waals surface area contributed by atoms with Crippen molar-refractivity contribution in [3.8, 4) is 11.1 Å². The molecule has 0 amide bonds. The first-order chi connectivity index (χ1) is 16.5. The Bertz CT molecular complexity index is 1440. The second-order valence-electron chi connectivity index (χ2n) is 8.89. The van der Waals surface area contributed by atoms with Crippen molar-refractivity contribution in [1.29, 1.82) is 0 Å². The third-order valence-corrected chi connectivity index (χ3v) is 6.58. The van der Waals surface area contributed by atoms with Gasteiger partial charge in [-0.05, 0) is 62.6 Å². The molecule has 0 bridgehead atoms. The lowest BCUT2D eigenvalue weighted by molar-refractivity contribution is 0.112. The number of imidazole rings is 1. The lowest BCUT2D eigenvalue weighted by atomic mass is 9.85. The van der Waals surface area contributed by atoms with Crippen LogP contribution in [0.25, 0.3) is 22.2 Å². The minimum atomic E-state index is -1.70. The van der Waals surface area contributed by atoms with Crippen molar-refractivity contribution in [3.05, 3.63) is 89.3 Å². The maximum Gasteiger partial charge on any atom is 0.194 e. The van der Waals surface area contributed by atoms with Gasteiger partial charge in [-0.3, -0.25) is 4.98 Å². The summed E-state index contributed by atoms with van der Waals surface area (Å²) in [6.07, 6.45) is 7.16. The van der Waals surface area contributed by atoms with E-state index >= 15 is 0 Å². The Balaban J connectivity index is 1.73. The summed E-state index contributed by atoms with van der Waals surface area (Å²) in [6.45, 7) is 3.80. The van der Waals surface area contributed by atoms with Crippen LogP contribution in [0.4, 0.5) is 0 Å². The van der Waals surface area contributed by atoms with E-state index in [1.807, 2.05) is 45.2 Å². The van der Waals surface area contributed by atoms with E-state index in [0.29, 0.717) is 22.9 Å². The Morgan fingerprint density at radius 3 is 2.44 bits per heavy atom. The fourth-order valence-electron chi connectivity index (χ4n) is 4.83. The van der Waals surface area contributed by atoms with E-state index in [9.17, 15) is 5.11 Å². The molecule has 34 heavy (non-hydrogen) atoms. The fourth-order valence-corrected chi connectivity index (χ4v) is 4.83. The Morgan fingerprint density at radius 1 is 1.03 bits per heavy atom. The fraction of sp³-hybridized carbons (Fsp3) is 0.269. The maximum absolute atomic E-state index is 12.5. The number of hydrogen-bond acceptors (Lipinski definition) is 7. The molecule has 8 nitrogen and oxygen atoms in total. The first-order valence-electron chi connectivity index (χ1n) is 11.3. The van der Waals surface area contributed by atoms with Crippen LogP contribution in [0.5, 0.6) is 0 Å². The van der Waals surface area contributed by atoms with Gasteiger partial charge in [0.25, 0.3) is 0 Å². The van der Waals surface area contributed by atoms with E-state index < -0.39 is 5.60 Å². The van der Waals surface area contributed by atoms with Gasteiger partial charge in [0.2, 0.25) is 0 Å². The summed E-state index contributed by atoms with van der Waals surface area (Å²) < 4.78 is 7.55. The number of hydrogen-bond donors (Lipinski definition) is 1. The molecule has 1 atom stereocenters. The molecule has 0 aliphatic heterocycles. The summed E-state index contributed by atoms with van der Waals surface area (Å²) in [5.74, 6) is 2.41. The van der Waals surface area contributed by atoms with E-state index in [4.69, 9.17) is 9.51 Å². The quantitative estimate of drug-likeness (QED) is 0.426. The van der Waals surface area contributed by atoms with Crippen molar-refractivity contribution >= 4 is 11.0 Å². The molecule has 1 aromatic carbocycles. The molecule has 5 aromatic rings. The van der Waals surface area contributed by atoms with Crippen molar-refractivity contribution in [2.24, 2.45) is 7.05 Å². The average molecular weight is 453 g/mol. The van der Waals surface area contributed by atoms with Crippen molar-refractivity contribution in [2.75, 3.05) is 0 Å². The molecule has 0 saturated heterocycles. The molecule has 1 saturated carbocycles. The van der Waals surface area contributed by atoms with Crippen molar-refractivity contribution in [1.82, 2.24) is 29.7 Å². The molecule has 0 spiro atoms. The summed E-state index contributed by atoms with van der Waals surface area (Å²) in [4.78, 5) is 18.5. The molecule has 6 rings (SSSR count). The second kappa shape index (κ2) is 7.56. The molecule has 8 heteroatoms. The number of fused-ring (bicyclic) bond motifs is 1. The van der Waals surface area contributed by atoms with Gasteiger partial charge in [-0.25, -0.2) is 15.0 Å². The highest BCUT2D eigenvalue weighted by atomic mass is 16.5. The summed E-state index contributed by atoms with van der Waals surface area (Å²) in [6, 6.07) is 11.2. The van der Waals surface area contributed by atoms with Crippen LogP contribution >= 0.6 is 0 Å². The molecule has 4 heterocycles. The lowest BCUT2D eigenvalue weighted by Crippen LogP contribution is -2.33. The first-order valence-corrected chi connectivity index (χ1v) is 11.3. The zero-order valence-corrected chi connectivity index (χ0v) is 19.2. The molecule has 1 fully saturated rings. The number of benzene rings is 1. The highest BCUT2D eigenvalue weighted by Gasteiger charge is 2.42. The topological polar surface area (TPSA) is 103 Å². The van der Waals surface area contributed by atoms with Crippen LogP contribution in [-0.2, 0) is 12.6 Å². The Labute approximate surface area is 196 Å². The van der Waals surface area contributed by atoms with Crippen LogP contribution in [0.3, 0.4) is 0 Å². The highest BCUT2D eigenvalue weighted by Crippen LogP contribution is 2.45. The monoisotopic (exact) mass is 452 g/mol. The predicted molar refractivity (Wildman–Crippen MR) is 126 cm³/mol. The first kappa shape index (κ1) is 20.7. The lowest BCUT2D eigenvalue weighted by Gasteiger charge is -2.28. The molecule has 4 aromatic heterocycles. The van der Waals surface area contributed by atoms with Crippen LogP contribution in [0.2, 0.25) is 0 Å². The Morgan fingerprint density at radius 2 is 1.79 bits per heavy atom. The van der Waals surface area contributed by atoms with Crippen molar-refractivity contribution in [3.63, 3.8) is 0 Å². The van der Waals surface area contributed by atoms with Gasteiger partial charge in [0.1, 0.15) is 11.6 Å². The number of aliphatic hydroxyl groups is 1. The zero-order valence-electron chi connectivity index (χ0n) is 19.2. The standard InChI is InChI=1S/C26H24N6O2/c1-15-22(16(2)34-31-15)18-13-19(23-20(14-18)30-24(32(23)3)17-8-9-17)26(33,21-7-4-5-10-27-21)25-28-11-6-12-29-25/h4-7,10-14,17,33H,8-9H2,1-3H3. The van der Waals surface area contributed by atoms with Crippen molar-refractivity contribution in [2.45, 2.75) is 38.2 Å². The minimum Gasteiger partial charge on any atom is -0.372 e. The van der Waals surface area contributed by atoms with Crippen LogP contribution in [-0.4, -0.2) is 34.8 Å². The molecule has 170 valence electrons. The molecular weight excluding hydrogens is 428 g/mol. The van der Waals surface area contributed by atoms with E-state index in [0.717, 1.165) is 46.5 Å².